The summed E-state index contributed by atoms with van der Waals surface area (Å²) in [5.41, 5.74) is 2.26. The number of hydrogen-bond acceptors (Lipinski definition) is 7. The second-order valence-corrected chi connectivity index (χ2v) is 13.1. The number of nitriles is 1. The summed E-state index contributed by atoms with van der Waals surface area (Å²) in [6.45, 7) is 6.91. The molecule has 1 aliphatic rings. The van der Waals surface area contributed by atoms with Gasteiger partial charge < -0.3 is 15.2 Å². The summed E-state index contributed by atoms with van der Waals surface area (Å²) < 4.78 is 1.73. The summed E-state index contributed by atoms with van der Waals surface area (Å²) in [7, 11) is 1.77. The number of thiophene rings is 1. The molecule has 3 aromatic rings. The molecule has 2 aromatic heterocycles. The van der Waals surface area contributed by atoms with Gasteiger partial charge in [-0.25, -0.2) is 0 Å². The average molecular weight is 592 g/mol. The van der Waals surface area contributed by atoms with E-state index in [-0.39, 0.29) is 29.5 Å². The molecule has 0 saturated heterocycles. The van der Waals surface area contributed by atoms with Crippen LogP contribution in [0.25, 0.3) is 0 Å². The number of thioether (sulfide) groups is 1. The Morgan fingerprint density at radius 3 is 2.71 bits per heavy atom. The number of halogens is 2. The monoisotopic (exact) mass is 590 g/mol. The summed E-state index contributed by atoms with van der Waals surface area (Å²) in [6, 6.07) is 6.96. The molecule has 1 aromatic carbocycles. The molecule has 1 atom stereocenters. The number of rotatable bonds is 7. The highest BCUT2D eigenvalue weighted by Crippen LogP contribution is 2.44. The van der Waals surface area contributed by atoms with E-state index in [0.29, 0.717) is 43.1 Å². The van der Waals surface area contributed by atoms with Crippen LogP contribution in [-0.2, 0) is 31.2 Å². The Balaban J connectivity index is 1.34. The zero-order valence-corrected chi connectivity index (χ0v) is 24.7. The lowest BCUT2D eigenvalue weighted by Crippen LogP contribution is -2.26. The Morgan fingerprint density at radius 1 is 1.26 bits per heavy atom. The van der Waals surface area contributed by atoms with Gasteiger partial charge in [0.05, 0.1) is 27.9 Å². The number of hydrogen-bond donors (Lipinski definition) is 2. The maximum atomic E-state index is 12.8. The van der Waals surface area contributed by atoms with Crippen LogP contribution in [0.3, 0.4) is 0 Å². The third-order valence-corrected chi connectivity index (χ3v) is 9.63. The Hall–Kier alpha value is -2.58. The summed E-state index contributed by atoms with van der Waals surface area (Å²) in [5.74, 6) is 0.668. The maximum Gasteiger partial charge on any atom is 0.251 e. The second kappa shape index (κ2) is 11.7. The first-order valence-corrected chi connectivity index (χ1v) is 14.6. The molecule has 8 nitrogen and oxygen atoms in total. The standard InChI is InChI=1S/C26H28Cl2N6O2S2/c1-26(2,3)15-6-7-16-17(11-29)24(38-20(16)10-15)31-22(35)13-37-25-33-32-21(34(25)4)12-30-23(36)14-5-8-18(27)19(28)9-14/h5,8-9,15H,6-7,10,12-13H2,1-4H3,(H,30,36)(H,31,35)/t15-/m1/s1. The summed E-state index contributed by atoms with van der Waals surface area (Å²) in [6.07, 6.45) is 2.85. The van der Waals surface area contributed by atoms with Crippen LogP contribution in [-0.4, -0.2) is 32.3 Å². The van der Waals surface area contributed by atoms with Crippen LogP contribution < -0.4 is 10.6 Å². The van der Waals surface area contributed by atoms with Crippen molar-refractivity contribution in [2.45, 2.75) is 51.7 Å². The van der Waals surface area contributed by atoms with E-state index in [9.17, 15) is 14.9 Å². The number of nitrogens with one attached hydrogen (secondary N) is 2. The number of amides is 2. The third kappa shape index (κ3) is 6.34. The van der Waals surface area contributed by atoms with Crippen LogP contribution in [0.1, 0.15) is 59.4 Å². The fourth-order valence-electron chi connectivity index (χ4n) is 4.35. The zero-order chi connectivity index (χ0) is 27.6. The molecule has 1 aliphatic carbocycles. The fourth-order valence-corrected chi connectivity index (χ4v) is 6.67. The minimum atomic E-state index is -0.319. The van der Waals surface area contributed by atoms with Crippen molar-refractivity contribution in [3.05, 3.63) is 55.6 Å². The van der Waals surface area contributed by atoms with Crippen LogP contribution in [0, 0.1) is 22.7 Å². The number of nitrogens with zero attached hydrogens (tertiary/aromatic N) is 4. The van der Waals surface area contributed by atoms with Gasteiger partial charge in [0.2, 0.25) is 5.91 Å². The number of fused-ring (bicyclic) bond motifs is 1. The van der Waals surface area contributed by atoms with Gasteiger partial charge in [0.25, 0.3) is 5.91 Å². The Morgan fingerprint density at radius 2 is 2.03 bits per heavy atom. The number of benzene rings is 1. The Labute approximate surface area is 240 Å². The molecular formula is C26H28Cl2N6O2S2. The van der Waals surface area contributed by atoms with Crippen LogP contribution in [0.4, 0.5) is 5.00 Å². The van der Waals surface area contributed by atoms with Crippen molar-refractivity contribution in [3.8, 4) is 6.07 Å². The Kier molecular flexibility index (Phi) is 8.72. The predicted octanol–water partition coefficient (Wildman–Crippen LogP) is 5.87. The molecule has 200 valence electrons. The average Bonchev–Trinajstić information content (AvgIpc) is 3.40. The van der Waals surface area contributed by atoms with Crippen LogP contribution in [0.15, 0.2) is 23.4 Å². The molecule has 38 heavy (non-hydrogen) atoms. The second-order valence-electron chi connectivity index (χ2n) is 10.2. The van der Waals surface area contributed by atoms with Crippen molar-refractivity contribution in [1.29, 1.82) is 5.26 Å². The first-order chi connectivity index (χ1) is 18.0. The molecule has 4 rings (SSSR count). The molecule has 2 N–H and O–H groups in total. The van der Waals surface area contributed by atoms with E-state index in [0.717, 1.165) is 24.8 Å². The number of anilines is 1. The highest BCUT2D eigenvalue weighted by molar-refractivity contribution is 7.99. The normalized spacial score (nSPS) is 15.0. The van der Waals surface area contributed by atoms with Crippen LogP contribution >= 0.6 is 46.3 Å². The van der Waals surface area contributed by atoms with E-state index < -0.39 is 0 Å². The Bertz CT molecular complexity index is 1420. The quantitative estimate of drug-likeness (QED) is 0.333. The van der Waals surface area contributed by atoms with Crippen molar-refractivity contribution in [3.63, 3.8) is 0 Å². The number of carbonyl (C=O) groups is 2. The van der Waals surface area contributed by atoms with E-state index in [1.807, 2.05) is 0 Å². The zero-order valence-electron chi connectivity index (χ0n) is 21.5. The number of carbonyl (C=O) groups excluding carboxylic acids is 2. The first-order valence-electron chi connectivity index (χ1n) is 12.1. The van der Waals surface area contributed by atoms with E-state index in [1.54, 1.807) is 23.7 Å². The summed E-state index contributed by atoms with van der Waals surface area (Å²) >= 11 is 14.7. The van der Waals surface area contributed by atoms with Crippen molar-refractivity contribution < 1.29 is 9.59 Å². The largest absolute Gasteiger partial charge is 0.345 e. The molecule has 12 heteroatoms. The smallest absolute Gasteiger partial charge is 0.251 e. The van der Waals surface area contributed by atoms with E-state index in [4.69, 9.17) is 23.2 Å². The highest BCUT2D eigenvalue weighted by Gasteiger charge is 2.32. The summed E-state index contributed by atoms with van der Waals surface area (Å²) in [5, 5.41) is 25.6. The molecule has 0 radical (unpaired) electrons. The van der Waals surface area contributed by atoms with Gasteiger partial charge in [-0.05, 0) is 54.4 Å². The lowest BCUT2D eigenvalue weighted by atomic mass is 9.72. The van der Waals surface area contributed by atoms with E-state index in [2.05, 4.69) is 47.7 Å². The van der Waals surface area contributed by atoms with Gasteiger partial charge in [-0.2, -0.15) is 5.26 Å². The van der Waals surface area contributed by atoms with Crippen molar-refractivity contribution in [2.75, 3.05) is 11.1 Å². The van der Waals surface area contributed by atoms with E-state index in [1.165, 1.54) is 34.0 Å². The van der Waals surface area contributed by atoms with Crippen molar-refractivity contribution >= 4 is 63.1 Å². The predicted molar refractivity (Wildman–Crippen MR) is 152 cm³/mol. The topological polar surface area (TPSA) is 113 Å². The highest BCUT2D eigenvalue weighted by atomic mass is 35.5. The van der Waals surface area contributed by atoms with Crippen molar-refractivity contribution in [2.24, 2.45) is 18.4 Å². The summed E-state index contributed by atoms with van der Waals surface area (Å²) in [4.78, 5) is 26.4. The molecule has 2 amide bonds. The fraction of sp³-hybridized carbons (Fsp3) is 0.423. The molecule has 2 heterocycles. The third-order valence-electron chi connectivity index (χ3n) is 6.70. The van der Waals surface area contributed by atoms with Gasteiger partial charge in [-0.1, -0.05) is 55.7 Å². The van der Waals surface area contributed by atoms with Crippen LogP contribution in [0.2, 0.25) is 10.0 Å². The van der Waals surface area contributed by atoms with Gasteiger partial charge in [0, 0.05) is 17.5 Å². The lowest BCUT2D eigenvalue weighted by Gasteiger charge is -2.33. The molecule has 0 spiro atoms. The minimum absolute atomic E-state index is 0.111. The molecule has 0 saturated carbocycles. The van der Waals surface area contributed by atoms with Gasteiger partial charge in [0.15, 0.2) is 11.0 Å². The molecule has 0 aliphatic heterocycles. The lowest BCUT2D eigenvalue weighted by molar-refractivity contribution is -0.113. The first kappa shape index (κ1) is 28.4. The van der Waals surface area contributed by atoms with Gasteiger partial charge in [-0.3, -0.25) is 9.59 Å². The molecule has 0 fully saturated rings. The van der Waals surface area contributed by atoms with Crippen molar-refractivity contribution in [1.82, 2.24) is 20.1 Å². The molecule has 0 unspecified atom stereocenters. The van der Waals surface area contributed by atoms with Gasteiger partial charge in [-0.15, -0.1) is 21.5 Å². The number of aromatic nitrogens is 3. The molecule has 0 bridgehead atoms. The van der Waals surface area contributed by atoms with Crippen LogP contribution in [0.5, 0.6) is 0 Å². The van der Waals surface area contributed by atoms with Gasteiger partial charge >= 0.3 is 0 Å². The minimum Gasteiger partial charge on any atom is -0.345 e. The SMILES string of the molecule is Cn1c(CNC(=O)c2ccc(Cl)c(Cl)c2)nnc1SCC(=O)Nc1sc2c(c1C#N)CC[C@@H](C(C)(C)C)C2. The molecular weight excluding hydrogens is 563 g/mol. The maximum absolute atomic E-state index is 12.8. The van der Waals surface area contributed by atoms with E-state index >= 15 is 0 Å². The van der Waals surface area contributed by atoms with Gasteiger partial charge in [0.1, 0.15) is 11.1 Å².